The predicted molar refractivity (Wildman–Crippen MR) is 78.9 cm³/mol. The number of benzene rings is 1. The van der Waals surface area contributed by atoms with Crippen LogP contribution in [0.2, 0.25) is 12.6 Å². The summed E-state index contributed by atoms with van der Waals surface area (Å²) >= 11 is 0. The molecule has 2 nitrogen and oxygen atoms in total. The third-order valence-corrected chi connectivity index (χ3v) is 6.86. The van der Waals surface area contributed by atoms with Gasteiger partial charge in [0, 0.05) is 14.2 Å². The van der Waals surface area contributed by atoms with E-state index < -0.39 is 31.8 Å². The average molecular weight is 338 g/mol. The minimum absolute atomic E-state index is 0.121. The Morgan fingerprint density at radius 3 is 2.05 bits per heavy atom. The summed E-state index contributed by atoms with van der Waals surface area (Å²) < 4.78 is 63.1. The van der Waals surface area contributed by atoms with Crippen LogP contribution in [0.5, 0.6) is 0 Å². The van der Waals surface area contributed by atoms with Crippen LogP contribution in [0.15, 0.2) is 6.07 Å². The van der Waals surface area contributed by atoms with E-state index >= 15 is 0 Å². The first kappa shape index (κ1) is 19.1. The molecule has 1 rings (SSSR count). The van der Waals surface area contributed by atoms with Crippen LogP contribution >= 0.6 is 0 Å². The van der Waals surface area contributed by atoms with Crippen LogP contribution in [0.25, 0.3) is 0 Å². The lowest BCUT2D eigenvalue weighted by molar-refractivity contribution is 0.248. The Kier molecular flexibility index (Phi) is 7.51. The molecule has 0 aromatic heterocycles. The van der Waals surface area contributed by atoms with Crippen LogP contribution in [0.3, 0.4) is 0 Å². The van der Waals surface area contributed by atoms with E-state index in [1.54, 1.807) is 14.2 Å². The maximum absolute atomic E-state index is 13.5. The molecule has 0 unspecified atom stereocenters. The molecule has 0 spiro atoms. The van der Waals surface area contributed by atoms with Crippen molar-refractivity contribution < 1.29 is 26.4 Å². The maximum atomic E-state index is 13.5. The second kappa shape index (κ2) is 8.64. The van der Waals surface area contributed by atoms with E-state index in [4.69, 9.17) is 8.85 Å². The van der Waals surface area contributed by atoms with Gasteiger partial charge in [0.15, 0.2) is 23.3 Å². The van der Waals surface area contributed by atoms with E-state index in [1.165, 1.54) is 0 Å². The predicted octanol–water partition coefficient (Wildman–Crippen LogP) is 4.71. The van der Waals surface area contributed by atoms with Gasteiger partial charge in [-0.2, -0.15) is 0 Å². The summed E-state index contributed by atoms with van der Waals surface area (Å²) in [6.45, 7) is 1.98. The van der Waals surface area contributed by atoms with Gasteiger partial charge in [0.1, 0.15) is 0 Å². The van der Waals surface area contributed by atoms with Gasteiger partial charge < -0.3 is 8.85 Å². The van der Waals surface area contributed by atoms with Crippen LogP contribution in [-0.4, -0.2) is 22.8 Å². The maximum Gasteiger partial charge on any atom is 0.334 e. The lowest BCUT2D eigenvalue weighted by atomic mass is 10.1. The molecule has 0 aliphatic carbocycles. The van der Waals surface area contributed by atoms with Crippen molar-refractivity contribution in [2.24, 2.45) is 0 Å². The van der Waals surface area contributed by atoms with E-state index in [-0.39, 0.29) is 12.0 Å². The van der Waals surface area contributed by atoms with E-state index in [0.29, 0.717) is 6.42 Å². The first-order valence-corrected chi connectivity index (χ1v) is 9.79. The van der Waals surface area contributed by atoms with E-state index in [1.807, 2.05) is 6.55 Å². The van der Waals surface area contributed by atoms with Crippen LogP contribution in [-0.2, 0) is 15.3 Å². The van der Waals surface area contributed by atoms with Gasteiger partial charge in [0.05, 0.1) is 0 Å². The minimum Gasteiger partial charge on any atom is -0.398 e. The highest BCUT2D eigenvalue weighted by Crippen LogP contribution is 2.21. The third-order valence-electron chi connectivity index (χ3n) is 3.87. The lowest BCUT2D eigenvalue weighted by Crippen LogP contribution is -2.35. The van der Waals surface area contributed by atoms with Crippen molar-refractivity contribution in [1.82, 2.24) is 0 Å². The second-order valence-corrected chi connectivity index (χ2v) is 9.00. The molecule has 0 fully saturated rings. The molecule has 0 saturated heterocycles. The molecule has 126 valence electrons. The van der Waals surface area contributed by atoms with Crippen molar-refractivity contribution in [3.8, 4) is 0 Å². The highest BCUT2D eigenvalue weighted by Gasteiger charge is 2.27. The Morgan fingerprint density at radius 2 is 1.45 bits per heavy atom. The van der Waals surface area contributed by atoms with E-state index in [2.05, 4.69) is 0 Å². The lowest BCUT2D eigenvalue weighted by Gasteiger charge is -2.22. The highest BCUT2D eigenvalue weighted by molar-refractivity contribution is 6.65. The first-order valence-electron chi connectivity index (χ1n) is 7.27. The topological polar surface area (TPSA) is 18.5 Å². The Hall–Kier alpha value is -0.923. The molecule has 1 aromatic rings. The van der Waals surface area contributed by atoms with Gasteiger partial charge in [0.2, 0.25) is 0 Å². The van der Waals surface area contributed by atoms with E-state index in [9.17, 15) is 17.6 Å². The summed E-state index contributed by atoms with van der Waals surface area (Å²) in [5.41, 5.74) is -0.121. The fraction of sp³-hybridized carbons (Fsp3) is 0.600. The third kappa shape index (κ3) is 5.07. The molecule has 0 bridgehead atoms. The molecular formula is C15H22F4O2Si. The Morgan fingerprint density at radius 1 is 0.864 bits per heavy atom. The van der Waals surface area contributed by atoms with Gasteiger partial charge in [-0.15, -0.1) is 0 Å². The number of unbranched alkanes of at least 4 members (excludes halogenated alkanes) is 3. The van der Waals surface area contributed by atoms with Crippen molar-refractivity contribution in [3.63, 3.8) is 0 Å². The normalized spacial score (nSPS) is 12.0. The van der Waals surface area contributed by atoms with Gasteiger partial charge in [-0.3, -0.25) is 0 Å². The zero-order valence-electron chi connectivity index (χ0n) is 13.1. The molecule has 0 amide bonds. The summed E-state index contributed by atoms with van der Waals surface area (Å²) in [5, 5.41) is 0. The molecule has 7 heteroatoms. The number of aryl methyl sites for hydroxylation is 1. The van der Waals surface area contributed by atoms with Gasteiger partial charge in [-0.1, -0.05) is 19.3 Å². The summed E-state index contributed by atoms with van der Waals surface area (Å²) in [4.78, 5) is 0. The van der Waals surface area contributed by atoms with Crippen LogP contribution in [0, 0.1) is 23.3 Å². The van der Waals surface area contributed by atoms with Crippen molar-refractivity contribution in [3.05, 3.63) is 34.9 Å². The monoisotopic (exact) mass is 338 g/mol. The Bertz CT molecular complexity index is 493. The minimum atomic E-state index is -2.05. The molecule has 0 radical (unpaired) electrons. The number of rotatable bonds is 9. The first-order chi connectivity index (χ1) is 10.3. The molecule has 0 aliphatic rings. The molecule has 0 saturated carbocycles. The zero-order chi connectivity index (χ0) is 16.8. The average Bonchev–Trinajstić information content (AvgIpc) is 2.52. The van der Waals surface area contributed by atoms with Crippen molar-refractivity contribution >= 4 is 8.56 Å². The number of halogens is 4. The molecule has 22 heavy (non-hydrogen) atoms. The smallest absolute Gasteiger partial charge is 0.334 e. The Labute approximate surface area is 129 Å². The molecule has 0 atom stereocenters. The van der Waals surface area contributed by atoms with Crippen molar-refractivity contribution in [1.29, 1.82) is 0 Å². The molecular weight excluding hydrogens is 316 g/mol. The molecule has 0 heterocycles. The standard InChI is InChI=1S/C15H22F4O2Si/c1-20-22(3,21-2)9-7-5-4-6-8-11-10-12(16)14(18)15(19)13(11)17/h10H,4-9H2,1-3H3. The number of hydrogen-bond donors (Lipinski definition) is 0. The summed E-state index contributed by atoms with van der Waals surface area (Å²) in [6.07, 6.45) is 3.36. The summed E-state index contributed by atoms with van der Waals surface area (Å²) in [5.74, 6) is -6.14. The molecule has 0 N–H and O–H groups in total. The van der Waals surface area contributed by atoms with Gasteiger partial charge in [-0.25, -0.2) is 17.6 Å². The Balaban J connectivity index is 2.37. The summed E-state index contributed by atoms with van der Waals surface area (Å²) in [6, 6.07) is 1.59. The van der Waals surface area contributed by atoms with Gasteiger partial charge >= 0.3 is 8.56 Å². The largest absolute Gasteiger partial charge is 0.398 e. The highest BCUT2D eigenvalue weighted by atomic mass is 28.4. The molecule has 0 aliphatic heterocycles. The van der Waals surface area contributed by atoms with Crippen LogP contribution in [0.1, 0.15) is 31.2 Å². The zero-order valence-corrected chi connectivity index (χ0v) is 14.1. The van der Waals surface area contributed by atoms with Crippen molar-refractivity contribution in [2.45, 2.75) is 44.7 Å². The SMILES string of the molecule is CO[Si](C)(CCCCCCc1cc(F)c(F)c(F)c1F)OC. The fourth-order valence-electron chi connectivity index (χ4n) is 2.21. The van der Waals surface area contributed by atoms with Crippen LogP contribution < -0.4 is 0 Å². The number of hydrogen-bond acceptors (Lipinski definition) is 2. The van der Waals surface area contributed by atoms with Gasteiger partial charge in [-0.05, 0) is 37.1 Å². The van der Waals surface area contributed by atoms with E-state index in [0.717, 1.165) is 31.4 Å². The quantitative estimate of drug-likeness (QED) is 0.213. The second-order valence-electron chi connectivity index (χ2n) is 5.42. The fourth-order valence-corrected chi connectivity index (χ4v) is 3.67. The summed E-state index contributed by atoms with van der Waals surface area (Å²) in [7, 11) is 1.22. The van der Waals surface area contributed by atoms with Crippen molar-refractivity contribution in [2.75, 3.05) is 14.2 Å². The van der Waals surface area contributed by atoms with Crippen LogP contribution in [0.4, 0.5) is 17.6 Å². The molecule has 1 aromatic carbocycles. The van der Waals surface area contributed by atoms with Gasteiger partial charge in [0.25, 0.3) is 0 Å².